The van der Waals surface area contributed by atoms with Crippen molar-refractivity contribution in [3.63, 3.8) is 0 Å². The summed E-state index contributed by atoms with van der Waals surface area (Å²) in [6, 6.07) is 10.6. The lowest BCUT2D eigenvalue weighted by Gasteiger charge is -2.31. The number of esters is 1. The highest BCUT2D eigenvalue weighted by Crippen LogP contribution is 2.39. The van der Waals surface area contributed by atoms with Crippen molar-refractivity contribution in [2.75, 3.05) is 6.61 Å². The summed E-state index contributed by atoms with van der Waals surface area (Å²) < 4.78 is 7.41. The first-order chi connectivity index (χ1) is 11.9. The maximum atomic E-state index is 12.1. The van der Waals surface area contributed by atoms with Crippen molar-refractivity contribution in [2.24, 2.45) is 5.41 Å². The number of hydrogen-bond acceptors (Lipinski definition) is 2. The van der Waals surface area contributed by atoms with Gasteiger partial charge in [-0.25, -0.2) is 0 Å². The maximum absolute atomic E-state index is 12.1. The molecule has 0 atom stereocenters. The highest BCUT2D eigenvalue weighted by Gasteiger charge is 2.31. The van der Waals surface area contributed by atoms with Gasteiger partial charge in [-0.1, -0.05) is 44.2 Å². The lowest BCUT2D eigenvalue weighted by atomic mass is 9.75. The van der Waals surface area contributed by atoms with Crippen LogP contribution in [0.2, 0.25) is 0 Å². The van der Waals surface area contributed by atoms with Gasteiger partial charge < -0.3 is 9.30 Å². The van der Waals surface area contributed by atoms with Crippen LogP contribution in [0.25, 0.3) is 0 Å². The van der Waals surface area contributed by atoms with Gasteiger partial charge in [-0.05, 0) is 61.6 Å². The number of fused-ring (bicyclic) bond motifs is 1. The predicted molar refractivity (Wildman–Crippen MR) is 101 cm³/mol. The number of carbonyl (C=O) groups excluding carboxylic acids is 1. The number of benzene rings is 1. The average Bonchev–Trinajstić information content (AvgIpc) is 2.80. The minimum Gasteiger partial charge on any atom is -0.465 e. The molecule has 0 unspecified atom stereocenters. The first-order valence-corrected chi connectivity index (χ1v) is 9.30. The Kier molecular flexibility index (Phi) is 5.03. The SMILES string of the molecule is CCOC(=O)Cn1c(C)c(Cc2ccccc2)c2c1CCC(C)(C)C2. The van der Waals surface area contributed by atoms with Crippen LogP contribution in [0.5, 0.6) is 0 Å². The summed E-state index contributed by atoms with van der Waals surface area (Å²) in [7, 11) is 0. The van der Waals surface area contributed by atoms with E-state index in [2.05, 4.69) is 55.7 Å². The van der Waals surface area contributed by atoms with Crippen LogP contribution in [0, 0.1) is 12.3 Å². The fraction of sp³-hybridized carbons (Fsp3) is 0.500. The molecule has 3 nitrogen and oxygen atoms in total. The molecule has 134 valence electrons. The second kappa shape index (κ2) is 7.07. The van der Waals surface area contributed by atoms with Crippen molar-refractivity contribution in [2.45, 2.75) is 59.9 Å². The minimum absolute atomic E-state index is 0.139. The van der Waals surface area contributed by atoms with Crippen molar-refractivity contribution in [3.05, 3.63) is 58.4 Å². The zero-order valence-corrected chi connectivity index (χ0v) is 15.9. The number of nitrogens with zero attached hydrogens (tertiary/aromatic N) is 1. The largest absolute Gasteiger partial charge is 0.465 e. The Morgan fingerprint density at radius 1 is 1.24 bits per heavy atom. The third kappa shape index (κ3) is 3.81. The number of rotatable bonds is 5. The highest BCUT2D eigenvalue weighted by atomic mass is 16.5. The predicted octanol–water partition coefficient (Wildman–Crippen LogP) is 4.47. The van der Waals surface area contributed by atoms with Gasteiger partial charge in [0.15, 0.2) is 0 Å². The number of aromatic nitrogens is 1. The van der Waals surface area contributed by atoms with Crippen molar-refractivity contribution in [3.8, 4) is 0 Å². The fourth-order valence-corrected chi connectivity index (χ4v) is 4.02. The summed E-state index contributed by atoms with van der Waals surface area (Å²) in [5, 5.41) is 0. The van der Waals surface area contributed by atoms with Gasteiger partial charge in [0.1, 0.15) is 6.54 Å². The van der Waals surface area contributed by atoms with E-state index in [0.29, 0.717) is 18.6 Å². The number of ether oxygens (including phenoxy) is 1. The maximum Gasteiger partial charge on any atom is 0.325 e. The quantitative estimate of drug-likeness (QED) is 0.753. The smallest absolute Gasteiger partial charge is 0.325 e. The molecule has 0 amide bonds. The summed E-state index contributed by atoms with van der Waals surface area (Å²) in [5.74, 6) is -0.139. The van der Waals surface area contributed by atoms with Crippen molar-refractivity contribution < 1.29 is 9.53 Å². The monoisotopic (exact) mass is 339 g/mol. The molecule has 1 heterocycles. The Morgan fingerprint density at radius 2 is 1.96 bits per heavy atom. The van der Waals surface area contributed by atoms with Crippen LogP contribution in [-0.2, 0) is 35.3 Å². The van der Waals surface area contributed by atoms with E-state index in [9.17, 15) is 4.79 Å². The van der Waals surface area contributed by atoms with Crippen LogP contribution in [-0.4, -0.2) is 17.1 Å². The zero-order chi connectivity index (χ0) is 18.0. The second-order valence-electron chi connectivity index (χ2n) is 7.88. The fourth-order valence-electron chi connectivity index (χ4n) is 4.02. The van der Waals surface area contributed by atoms with Crippen LogP contribution >= 0.6 is 0 Å². The van der Waals surface area contributed by atoms with Crippen molar-refractivity contribution in [1.82, 2.24) is 4.57 Å². The molecule has 0 aliphatic heterocycles. The Morgan fingerprint density at radius 3 is 2.64 bits per heavy atom. The van der Waals surface area contributed by atoms with Crippen LogP contribution in [0.4, 0.5) is 0 Å². The molecule has 0 fully saturated rings. The van der Waals surface area contributed by atoms with Crippen LogP contribution in [0.3, 0.4) is 0 Å². The zero-order valence-electron chi connectivity index (χ0n) is 15.9. The molecule has 0 radical (unpaired) electrons. The molecular formula is C22H29NO2. The number of hydrogen-bond donors (Lipinski definition) is 0. The highest BCUT2D eigenvalue weighted by molar-refractivity contribution is 5.69. The van der Waals surface area contributed by atoms with Gasteiger partial charge in [0, 0.05) is 11.4 Å². The lowest BCUT2D eigenvalue weighted by molar-refractivity contribution is -0.143. The van der Waals surface area contributed by atoms with Crippen LogP contribution in [0.1, 0.15) is 55.3 Å². The summed E-state index contributed by atoms with van der Waals surface area (Å²) in [5.41, 5.74) is 7.07. The third-order valence-electron chi connectivity index (χ3n) is 5.39. The van der Waals surface area contributed by atoms with Crippen LogP contribution in [0.15, 0.2) is 30.3 Å². The van der Waals surface area contributed by atoms with Crippen LogP contribution < -0.4 is 0 Å². The average molecular weight is 339 g/mol. The lowest BCUT2D eigenvalue weighted by Crippen LogP contribution is -2.24. The van der Waals surface area contributed by atoms with E-state index in [1.807, 2.05) is 6.92 Å². The van der Waals surface area contributed by atoms with E-state index in [1.165, 1.54) is 28.1 Å². The standard InChI is InChI=1S/C22H29NO2/c1-5-25-21(24)15-23-16(2)18(13-17-9-7-6-8-10-17)19-14-22(3,4)12-11-20(19)23/h6-10H,5,11-15H2,1-4H3. The molecule has 0 saturated heterocycles. The molecule has 3 rings (SSSR count). The first kappa shape index (κ1) is 17.8. The first-order valence-electron chi connectivity index (χ1n) is 9.30. The molecule has 1 aliphatic rings. The van der Waals surface area contributed by atoms with Gasteiger partial charge in [0.2, 0.25) is 0 Å². The van der Waals surface area contributed by atoms with Gasteiger partial charge in [0.05, 0.1) is 6.61 Å². The topological polar surface area (TPSA) is 31.2 Å². The van der Waals surface area contributed by atoms with Gasteiger partial charge in [-0.3, -0.25) is 4.79 Å². The summed E-state index contributed by atoms with van der Waals surface area (Å²) in [4.78, 5) is 12.1. The van der Waals surface area contributed by atoms with E-state index in [1.54, 1.807) is 0 Å². The molecule has 1 aromatic carbocycles. The second-order valence-corrected chi connectivity index (χ2v) is 7.88. The van der Waals surface area contributed by atoms with Gasteiger partial charge in [0.25, 0.3) is 0 Å². The van der Waals surface area contributed by atoms with Gasteiger partial charge in [-0.2, -0.15) is 0 Å². The molecular weight excluding hydrogens is 310 g/mol. The summed E-state index contributed by atoms with van der Waals surface area (Å²) in [6.45, 7) is 9.48. The molecule has 0 bridgehead atoms. The van der Waals surface area contributed by atoms with E-state index >= 15 is 0 Å². The summed E-state index contributed by atoms with van der Waals surface area (Å²) in [6.07, 6.45) is 4.22. The Labute approximate surface area is 151 Å². The van der Waals surface area contributed by atoms with Crippen molar-refractivity contribution in [1.29, 1.82) is 0 Å². The van der Waals surface area contributed by atoms with Gasteiger partial charge >= 0.3 is 5.97 Å². The third-order valence-corrected chi connectivity index (χ3v) is 5.39. The Bertz CT molecular complexity index is 756. The Balaban J connectivity index is 2.01. The minimum atomic E-state index is -0.139. The van der Waals surface area contributed by atoms with E-state index < -0.39 is 0 Å². The van der Waals surface area contributed by atoms with Crippen molar-refractivity contribution >= 4 is 5.97 Å². The molecule has 2 aromatic rings. The molecule has 1 aliphatic carbocycles. The number of carbonyl (C=O) groups is 1. The van der Waals surface area contributed by atoms with Gasteiger partial charge in [-0.15, -0.1) is 0 Å². The molecule has 25 heavy (non-hydrogen) atoms. The molecule has 0 saturated carbocycles. The molecule has 3 heteroatoms. The molecule has 0 N–H and O–H groups in total. The molecule has 1 aromatic heterocycles. The van der Waals surface area contributed by atoms with E-state index in [0.717, 1.165) is 25.7 Å². The Hall–Kier alpha value is -2.03. The van der Waals surface area contributed by atoms with E-state index in [-0.39, 0.29) is 5.97 Å². The molecule has 0 spiro atoms. The van der Waals surface area contributed by atoms with E-state index in [4.69, 9.17) is 4.74 Å². The normalized spacial score (nSPS) is 15.7. The summed E-state index contributed by atoms with van der Waals surface area (Å²) >= 11 is 0.